The van der Waals surface area contributed by atoms with Gasteiger partial charge in [0, 0.05) is 24.9 Å². The molecule has 2 amide bonds. The molecule has 1 aromatic rings. The van der Waals surface area contributed by atoms with Gasteiger partial charge in [-0.3, -0.25) is 9.59 Å². The van der Waals surface area contributed by atoms with Gasteiger partial charge in [0.2, 0.25) is 11.8 Å². The highest BCUT2D eigenvalue weighted by Crippen LogP contribution is 2.13. The average Bonchev–Trinajstić information content (AvgIpc) is 2.52. The Labute approximate surface area is 138 Å². The van der Waals surface area contributed by atoms with Crippen LogP contribution in [0.2, 0.25) is 0 Å². The lowest BCUT2D eigenvalue weighted by Gasteiger charge is -2.33. The third kappa shape index (κ3) is 5.36. The number of carbonyl (C=O) groups excluding carboxylic acids is 2. The summed E-state index contributed by atoms with van der Waals surface area (Å²) in [6.07, 6.45) is 0.798. The minimum absolute atomic E-state index is 0.00779. The molecule has 1 N–H and O–H groups in total. The van der Waals surface area contributed by atoms with Crippen LogP contribution in [0.3, 0.4) is 0 Å². The van der Waals surface area contributed by atoms with E-state index in [9.17, 15) is 9.59 Å². The zero-order valence-corrected chi connectivity index (χ0v) is 14.2. The van der Waals surface area contributed by atoms with Crippen molar-refractivity contribution in [2.45, 2.75) is 33.3 Å². The van der Waals surface area contributed by atoms with Crippen LogP contribution in [0.25, 0.3) is 0 Å². The Morgan fingerprint density at radius 2 is 1.96 bits per heavy atom. The second-order valence-electron chi connectivity index (χ2n) is 6.95. The van der Waals surface area contributed by atoms with Gasteiger partial charge in [0.1, 0.15) is 0 Å². The third-order valence-electron chi connectivity index (χ3n) is 3.88. The fraction of sp³-hybridized carbons (Fsp3) is 0.556. The van der Waals surface area contributed by atoms with Gasteiger partial charge in [0.25, 0.3) is 0 Å². The number of carbonyl (C=O) groups is 2. The van der Waals surface area contributed by atoms with Crippen molar-refractivity contribution in [2.75, 3.05) is 26.2 Å². The van der Waals surface area contributed by atoms with Crippen molar-refractivity contribution in [1.29, 1.82) is 0 Å². The number of amides is 2. The van der Waals surface area contributed by atoms with Crippen LogP contribution < -0.4 is 5.32 Å². The summed E-state index contributed by atoms with van der Waals surface area (Å²) in [6, 6.07) is 10.1. The van der Waals surface area contributed by atoms with Gasteiger partial charge in [-0.05, 0) is 5.56 Å². The molecule has 0 aromatic heterocycles. The van der Waals surface area contributed by atoms with Gasteiger partial charge in [-0.1, -0.05) is 51.1 Å². The number of rotatable bonds is 4. The topological polar surface area (TPSA) is 58.6 Å². The van der Waals surface area contributed by atoms with Crippen LogP contribution in [0.1, 0.15) is 26.3 Å². The van der Waals surface area contributed by atoms with Crippen molar-refractivity contribution < 1.29 is 14.3 Å². The summed E-state index contributed by atoms with van der Waals surface area (Å²) < 4.78 is 5.76. The Morgan fingerprint density at radius 1 is 1.26 bits per heavy atom. The molecule has 0 radical (unpaired) electrons. The van der Waals surface area contributed by atoms with Crippen molar-refractivity contribution in [3.8, 4) is 0 Å². The lowest BCUT2D eigenvalue weighted by Crippen LogP contribution is -2.50. The molecule has 0 saturated carbocycles. The third-order valence-corrected chi connectivity index (χ3v) is 3.88. The van der Waals surface area contributed by atoms with Crippen molar-refractivity contribution in [3.63, 3.8) is 0 Å². The van der Waals surface area contributed by atoms with Crippen LogP contribution in [0.5, 0.6) is 0 Å². The molecule has 1 heterocycles. The fourth-order valence-corrected chi connectivity index (χ4v) is 2.48. The molecule has 0 bridgehead atoms. The first-order chi connectivity index (χ1) is 10.9. The maximum absolute atomic E-state index is 12.3. The van der Waals surface area contributed by atoms with E-state index in [0.29, 0.717) is 19.7 Å². The van der Waals surface area contributed by atoms with E-state index in [1.165, 1.54) is 5.56 Å². The van der Waals surface area contributed by atoms with E-state index in [2.05, 4.69) is 17.4 Å². The first-order valence-corrected chi connectivity index (χ1v) is 8.08. The Balaban J connectivity index is 1.83. The molecule has 23 heavy (non-hydrogen) atoms. The molecule has 1 aromatic carbocycles. The summed E-state index contributed by atoms with van der Waals surface area (Å²) in [6.45, 7) is 7.23. The quantitative estimate of drug-likeness (QED) is 0.918. The predicted octanol–water partition coefficient (Wildman–Crippen LogP) is 1.62. The van der Waals surface area contributed by atoms with Gasteiger partial charge in [0.15, 0.2) is 0 Å². The average molecular weight is 318 g/mol. The number of hydrogen-bond donors (Lipinski definition) is 1. The Morgan fingerprint density at radius 3 is 2.61 bits per heavy atom. The smallest absolute Gasteiger partial charge is 0.242 e. The minimum atomic E-state index is -0.485. The van der Waals surface area contributed by atoms with E-state index in [1.54, 1.807) is 4.90 Å². The molecule has 1 unspecified atom stereocenters. The van der Waals surface area contributed by atoms with Gasteiger partial charge < -0.3 is 15.0 Å². The highest BCUT2D eigenvalue weighted by molar-refractivity contribution is 5.87. The summed E-state index contributed by atoms with van der Waals surface area (Å²) in [5.74, 6) is -0.163. The summed E-state index contributed by atoms with van der Waals surface area (Å²) in [5.41, 5.74) is 0.717. The molecule has 1 fully saturated rings. The Kier molecular flexibility index (Phi) is 5.77. The fourth-order valence-electron chi connectivity index (χ4n) is 2.48. The lowest BCUT2D eigenvalue weighted by molar-refractivity contribution is -0.140. The number of benzene rings is 1. The highest BCUT2D eigenvalue weighted by atomic mass is 16.5. The number of ether oxygens (including phenoxy) is 1. The first kappa shape index (κ1) is 17.5. The van der Waals surface area contributed by atoms with Gasteiger partial charge >= 0.3 is 0 Å². The largest absolute Gasteiger partial charge is 0.374 e. The highest BCUT2D eigenvalue weighted by Gasteiger charge is 2.26. The van der Waals surface area contributed by atoms with Gasteiger partial charge in [-0.25, -0.2) is 0 Å². The van der Waals surface area contributed by atoms with Crippen LogP contribution in [0, 0.1) is 5.41 Å². The van der Waals surface area contributed by atoms with Crippen LogP contribution in [0.4, 0.5) is 0 Å². The zero-order chi connectivity index (χ0) is 16.9. The predicted molar refractivity (Wildman–Crippen MR) is 88.9 cm³/mol. The molecule has 1 saturated heterocycles. The standard InChI is InChI=1S/C18H26N2O3/c1-18(2,3)17(22)19-12-16(21)20-9-10-23-15(13-20)11-14-7-5-4-6-8-14/h4-8,15H,9-13H2,1-3H3,(H,19,22). The molecular weight excluding hydrogens is 292 g/mol. The molecule has 1 aliphatic rings. The van der Waals surface area contributed by atoms with Crippen molar-refractivity contribution in [1.82, 2.24) is 10.2 Å². The molecule has 5 nitrogen and oxygen atoms in total. The summed E-state index contributed by atoms with van der Waals surface area (Å²) >= 11 is 0. The normalized spacial score (nSPS) is 18.6. The molecule has 2 rings (SSSR count). The maximum atomic E-state index is 12.3. The van der Waals surface area contributed by atoms with E-state index in [4.69, 9.17) is 4.74 Å². The van der Waals surface area contributed by atoms with Crippen molar-refractivity contribution in [3.05, 3.63) is 35.9 Å². The van der Waals surface area contributed by atoms with E-state index in [1.807, 2.05) is 39.0 Å². The maximum Gasteiger partial charge on any atom is 0.242 e. The number of nitrogens with one attached hydrogen (secondary N) is 1. The van der Waals surface area contributed by atoms with Gasteiger partial charge in [-0.15, -0.1) is 0 Å². The van der Waals surface area contributed by atoms with Crippen molar-refractivity contribution >= 4 is 11.8 Å². The molecule has 5 heteroatoms. The second kappa shape index (κ2) is 7.59. The molecule has 0 spiro atoms. The van der Waals surface area contributed by atoms with E-state index < -0.39 is 5.41 Å². The molecular formula is C18H26N2O3. The number of hydrogen-bond acceptors (Lipinski definition) is 3. The SMILES string of the molecule is CC(C)(C)C(=O)NCC(=O)N1CCOC(Cc2ccccc2)C1. The Bertz CT molecular complexity index is 537. The number of morpholine rings is 1. The molecule has 126 valence electrons. The molecule has 0 aliphatic carbocycles. The zero-order valence-electron chi connectivity index (χ0n) is 14.2. The summed E-state index contributed by atoms with van der Waals surface area (Å²) in [7, 11) is 0. The Hall–Kier alpha value is -1.88. The van der Waals surface area contributed by atoms with Crippen molar-refractivity contribution in [2.24, 2.45) is 5.41 Å². The van der Waals surface area contributed by atoms with E-state index >= 15 is 0 Å². The van der Waals surface area contributed by atoms with Crippen LogP contribution in [-0.2, 0) is 20.7 Å². The van der Waals surface area contributed by atoms with Crippen LogP contribution in [-0.4, -0.2) is 49.1 Å². The van der Waals surface area contributed by atoms with E-state index in [-0.39, 0.29) is 24.5 Å². The van der Waals surface area contributed by atoms with Gasteiger partial charge in [0.05, 0.1) is 19.3 Å². The van der Waals surface area contributed by atoms with Crippen LogP contribution >= 0.6 is 0 Å². The van der Waals surface area contributed by atoms with E-state index in [0.717, 1.165) is 6.42 Å². The second-order valence-corrected chi connectivity index (χ2v) is 6.95. The summed E-state index contributed by atoms with van der Waals surface area (Å²) in [4.78, 5) is 25.9. The lowest BCUT2D eigenvalue weighted by atomic mass is 9.96. The minimum Gasteiger partial charge on any atom is -0.374 e. The molecule has 1 atom stereocenters. The number of nitrogens with zero attached hydrogens (tertiary/aromatic N) is 1. The summed E-state index contributed by atoms with van der Waals surface area (Å²) in [5, 5.41) is 2.71. The monoisotopic (exact) mass is 318 g/mol. The molecule has 1 aliphatic heterocycles. The van der Waals surface area contributed by atoms with Gasteiger partial charge in [-0.2, -0.15) is 0 Å². The first-order valence-electron chi connectivity index (χ1n) is 8.08. The van der Waals surface area contributed by atoms with Crippen LogP contribution in [0.15, 0.2) is 30.3 Å².